The smallest absolute Gasteiger partial charge is 0.138 e. The van der Waals surface area contributed by atoms with Gasteiger partial charge in [-0.2, -0.15) is 5.10 Å². The van der Waals surface area contributed by atoms with Gasteiger partial charge in [0.25, 0.3) is 0 Å². The van der Waals surface area contributed by atoms with Crippen molar-refractivity contribution in [2.24, 2.45) is 29.6 Å². The summed E-state index contributed by atoms with van der Waals surface area (Å²) in [6, 6.07) is 0.611. The highest BCUT2D eigenvalue weighted by Crippen LogP contribution is 2.57. The maximum atomic E-state index is 4.20. The van der Waals surface area contributed by atoms with Crippen LogP contribution in [-0.4, -0.2) is 21.2 Å². The van der Waals surface area contributed by atoms with Crippen LogP contribution in [0.1, 0.15) is 44.9 Å². The standard InChI is InChI=1S/C15H24N4/c1-9(16-7-14-17-8-18-19-14)15-12-3-10-2-11(5-12)6-13(15)4-10/h8-13,15-16H,2-7H2,1H3,(H,17,18,19). The molecule has 1 atom stereocenters. The van der Waals surface area contributed by atoms with Crippen LogP contribution in [0.4, 0.5) is 0 Å². The topological polar surface area (TPSA) is 53.6 Å². The zero-order valence-corrected chi connectivity index (χ0v) is 11.7. The maximum Gasteiger partial charge on any atom is 0.138 e. The Kier molecular flexibility index (Phi) is 2.87. The number of nitrogens with one attached hydrogen (secondary N) is 2. The molecule has 2 N–H and O–H groups in total. The SMILES string of the molecule is CC(NCc1ncn[nH]1)C1C2CC3CC(C2)CC1C3. The van der Waals surface area contributed by atoms with Gasteiger partial charge < -0.3 is 5.32 Å². The van der Waals surface area contributed by atoms with Crippen LogP contribution in [0.2, 0.25) is 0 Å². The minimum Gasteiger partial charge on any atom is -0.307 e. The van der Waals surface area contributed by atoms with Crippen molar-refractivity contribution in [1.29, 1.82) is 0 Å². The third-order valence-corrected chi connectivity index (χ3v) is 5.93. The van der Waals surface area contributed by atoms with Gasteiger partial charge in [-0.25, -0.2) is 4.98 Å². The predicted molar refractivity (Wildman–Crippen MR) is 73.2 cm³/mol. The number of hydrogen-bond donors (Lipinski definition) is 2. The van der Waals surface area contributed by atoms with Crippen molar-refractivity contribution in [3.8, 4) is 0 Å². The van der Waals surface area contributed by atoms with E-state index in [1.54, 1.807) is 12.7 Å². The first-order valence-corrected chi connectivity index (χ1v) is 7.87. The highest BCUT2D eigenvalue weighted by Gasteiger charge is 2.49. The Morgan fingerprint density at radius 1 is 1.21 bits per heavy atom. The molecule has 0 radical (unpaired) electrons. The van der Waals surface area contributed by atoms with Crippen LogP contribution in [-0.2, 0) is 6.54 Å². The van der Waals surface area contributed by atoms with E-state index in [4.69, 9.17) is 0 Å². The Hall–Kier alpha value is -0.900. The van der Waals surface area contributed by atoms with Crippen molar-refractivity contribution in [3.63, 3.8) is 0 Å². The van der Waals surface area contributed by atoms with Gasteiger partial charge in [0.15, 0.2) is 0 Å². The molecule has 1 unspecified atom stereocenters. The minimum atomic E-state index is 0.611. The van der Waals surface area contributed by atoms with Crippen molar-refractivity contribution >= 4 is 0 Å². The van der Waals surface area contributed by atoms with Crippen LogP contribution < -0.4 is 5.32 Å². The fourth-order valence-electron chi connectivity index (χ4n) is 5.49. The molecule has 4 fully saturated rings. The van der Waals surface area contributed by atoms with Crippen LogP contribution >= 0.6 is 0 Å². The molecule has 4 heteroatoms. The van der Waals surface area contributed by atoms with E-state index in [0.717, 1.165) is 42.0 Å². The molecular weight excluding hydrogens is 236 g/mol. The fraction of sp³-hybridized carbons (Fsp3) is 0.867. The Bertz CT molecular complexity index is 399. The molecule has 4 aliphatic carbocycles. The van der Waals surface area contributed by atoms with Gasteiger partial charge in [-0.15, -0.1) is 0 Å². The molecule has 1 heterocycles. The van der Waals surface area contributed by atoms with E-state index in [1.165, 1.54) is 25.7 Å². The summed E-state index contributed by atoms with van der Waals surface area (Å²) in [7, 11) is 0. The average Bonchev–Trinajstić information content (AvgIpc) is 2.88. The minimum absolute atomic E-state index is 0.611. The van der Waals surface area contributed by atoms with E-state index < -0.39 is 0 Å². The second kappa shape index (κ2) is 4.58. The first-order valence-electron chi connectivity index (χ1n) is 7.87. The van der Waals surface area contributed by atoms with Crippen LogP contribution in [0.3, 0.4) is 0 Å². The number of hydrogen-bond acceptors (Lipinski definition) is 3. The van der Waals surface area contributed by atoms with Crippen LogP contribution in [0.5, 0.6) is 0 Å². The van der Waals surface area contributed by atoms with E-state index in [0.29, 0.717) is 6.04 Å². The lowest BCUT2D eigenvalue weighted by atomic mass is 9.50. The molecule has 0 aliphatic heterocycles. The largest absolute Gasteiger partial charge is 0.307 e. The first-order chi connectivity index (χ1) is 9.29. The zero-order valence-electron chi connectivity index (χ0n) is 11.7. The summed E-state index contributed by atoms with van der Waals surface area (Å²) < 4.78 is 0. The van der Waals surface area contributed by atoms with Gasteiger partial charge in [0.2, 0.25) is 0 Å². The lowest BCUT2D eigenvalue weighted by molar-refractivity contribution is -0.0495. The highest BCUT2D eigenvalue weighted by molar-refractivity contribution is 5.01. The summed E-state index contributed by atoms with van der Waals surface area (Å²) in [5, 5.41) is 10.5. The molecule has 0 amide bonds. The van der Waals surface area contributed by atoms with Gasteiger partial charge >= 0.3 is 0 Å². The van der Waals surface area contributed by atoms with Gasteiger partial charge in [0, 0.05) is 6.04 Å². The lowest BCUT2D eigenvalue weighted by Crippen LogP contribution is -2.51. The van der Waals surface area contributed by atoms with E-state index in [-0.39, 0.29) is 0 Å². The summed E-state index contributed by atoms with van der Waals surface area (Å²) in [5.41, 5.74) is 0. The summed E-state index contributed by atoms with van der Waals surface area (Å²) in [6.45, 7) is 3.20. The molecule has 0 saturated heterocycles. The van der Waals surface area contributed by atoms with E-state index in [1.807, 2.05) is 0 Å². The van der Waals surface area contributed by atoms with E-state index >= 15 is 0 Å². The third-order valence-electron chi connectivity index (χ3n) is 5.93. The fourth-order valence-corrected chi connectivity index (χ4v) is 5.49. The van der Waals surface area contributed by atoms with Crippen molar-refractivity contribution in [2.75, 3.05) is 0 Å². The molecule has 4 saturated carbocycles. The van der Waals surface area contributed by atoms with Crippen molar-refractivity contribution < 1.29 is 0 Å². The summed E-state index contributed by atoms with van der Waals surface area (Å²) >= 11 is 0. The van der Waals surface area contributed by atoms with E-state index in [9.17, 15) is 0 Å². The molecule has 19 heavy (non-hydrogen) atoms. The molecule has 5 rings (SSSR count). The molecule has 1 aromatic heterocycles. The number of aromatic amines is 1. The lowest BCUT2D eigenvalue weighted by Gasteiger charge is -2.56. The highest BCUT2D eigenvalue weighted by atomic mass is 15.2. The van der Waals surface area contributed by atoms with E-state index in [2.05, 4.69) is 27.4 Å². The van der Waals surface area contributed by atoms with Crippen LogP contribution in [0, 0.1) is 29.6 Å². The number of aromatic nitrogens is 3. The van der Waals surface area contributed by atoms with Gasteiger partial charge in [0.1, 0.15) is 12.2 Å². The number of H-pyrrole nitrogens is 1. The number of nitrogens with zero attached hydrogens (tertiary/aromatic N) is 2. The summed E-state index contributed by atoms with van der Waals surface area (Å²) in [6.07, 6.45) is 9.15. The Morgan fingerprint density at radius 2 is 1.89 bits per heavy atom. The van der Waals surface area contributed by atoms with Gasteiger partial charge in [-0.3, -0.25) is 5.10 Å². The normalized spacial score (nSPS) is 41.6. The third kappa shape index (κ3) is 2.10. The molecule has 4 bridgehead atoms. The second-order valence-corrected chi connectivity index (χ2v) is 7.11. The molecule has 4 aliphatic rings. The quantitative estimate of drug-likeness (QED) is 0.873. The summed E-state index contributed by atoms with van der Waals surface area (Å²) in [5.74, 6) is 5.98. The maximum absolute atomic E-state index is 4.20. The molecule has 0 aromatic carbocycles. The molecule has 104 valence electrons. The van der Waals surface area contributed by atoms with Crippen molar-refractivity contribution in [3.05, 3.63) is 12.2 Å². The van der Waals surface area contributed by atoms with Gasteiger partial charge in [0.05, 0.1) is 6.54 Å². The molecule has 0 spiro atoms. The van der Waals surface area contributed by atoms with Gasteiger partial charge in [-0.1, -0.05) is 0 Å². The predicted octanol–water partition coefficient (Wildman–Crippen LogP) is 2.36. The second-order valence-electron chi connectivity index (χ2n) is 7.11. The monoisotopic (exact) mass is 260 g/mol. The van der Waals surface area contributed by atoms with Crippen LogP contribution in [0.25, 0.3) is 0 Å². The van der Waals surface area contributed by atoms with Gasteiger partial charge in [-0.05, 0) is 68.6 Å². The molecular formula is C15H24N4. The van der Waals surface area contributed by atoms with Crippen molar-refractivity contribution in [1.82, 2.24) is 20.5 Å². The average molecular weight is 260 g/mol. The summed E-state index contributed by atoms with van der Waals surface area (Å²) in [4.78, 5) is 4.20. The van der Waals surface area contributed by atoms with Crippen LogP contribution in [0.15, 0.2) is 6.33 Å². The number of rotatable bonds is 4. The Morgan fingerprint density at radius 3 is 2.47 bits per heavy atom. The Labute approximate surface area is 114 Å². The van der Waals surface area contributed by atoms with Crippen molar-refractivity contribution in [2.45, 2.75) is 51.6 Å². The molecule has 1 aromatic rings. The molecule has 4 nitrogen and oxygen atoms in total. The zero-order chi connectivity index (χ0) is 12.8. The Balaban J connectivity index is 1.41. The first kappa shape index (κ1) is 11.9.